The van der Waals surface area contributed by atoms with E-state index < -0.39 is 0 Å². The first kappa shape index (κ1) is 11.7. The Morgan fingerprint density at radius 2 is 2.11 bits per heavy atom. The van der Waals surface area contributed by atoms with Crippen molar-refractivity contribution < 1.29 is 9.52 Å². The fourth-order valence-corrected chi connectivity index (χ4v) is 1.24. The predicted octanol–water partition coefficient (Wildman–Crippen LogP) is 0.479. The SMILES string of the molecule is O=C(NN=Cc1ccccn1)c1cc[n+]([O-])cc1. The monoisotopic (exact) mass is 242 g/mol. The zero-order valence-corrected chi connectivity index (χ0v) is 9.35. The third-order valence-corrected chi connectivity index (χ3v) is 2.11. The molecule has 0 atom stereocenters. The fourth-order valence-electron chi connectivity index (χ4n) is 1.24. The van der Waals surface area contributed by atoms with Gasteiger partial charge in [-0.3, -0.25) is 9.78 Å². The molecule has 2 rings (SSSR count). The van der Waals surface area contributed by atoms with E-state index in [0.29, 0.717) is 16.0 Å². The number of pyridine rings is 2. The van der Waals surface area contributed by atoms with E-state index in [0.717, 1.165) is 0 Å². The highest BCUT2D eigenvalue weighted by Gasteiger charge is 2.04. The number of nitrogens with one attached hydrogen (secondary N) is 1. The Labute approximate surface area is 103 Å². The van der Waals surface area contributed by atoms with Crippen LogP contribution < -0.4 is 10.2 Å². The van der Waals surface area contributed by atoms with Crippen LogP contribution in [0.2, 0.25) is 0 Å². The van der Waals surface area contributed by atoms with Crippen LogP contribution in [0.3, 0.4) is 0 Å². The van der Waals surface area contributed by atoms with Crippen LogP contribution in [0.25, 0.3) is 0 Å². The minimum absolute atomic E-state index is 0.361. The van der Waals surface area contributed by atoms with Gasteiger partial charge in [-0.15, -0.1) is 0 Å². The molecule has 0 aliphatic heterocycles. The van der Waals surface area contributed by atoms with Crippen molar-refractivity contribution >= 4 is 12.1 Å². The molecule has 0 aromatic carbocycles. The van der Waals surface area contributed by atoms with Crippen molar-refractivity contribution in [2.45, 2.75) is 0 Å². The van der Waals surface area contributed by atoms with Gasteiger partial charge in [-0.1, -0.05) is 6.07 Å². The summed E-state index contributed by atoms with van der Waals surface area (Å²) in [5, 5.41) is 14.6. The van der Waals surface area contributed by atoms with Gasteiger partial charge in [0.15, 0.2) is 12.4 Å². The molecule has 1 amide bonds. The molecule has 0 saturated heterocycles. The topological polar surface area (TPSA) is 81.3 Å². The highest BCUT2D eigenvalue weighted by atomic mass is 16.5. The van der Waals surface area contributed by atoms with E-state index >= 15 is 0 Å². The third kappa shape index (κ3) is 3.11. The molecule has 0 unspecified atom stereocenters. The average molecular weight is 242 g/mol. The molecule has 0 bridgehead atoms. The van der Waals surface area contributed by atoms with Crippen molar-refractivity contribution in [1.82, 2.24) is 10.4 Å². The molecule has 2 aromatic heterocycles. The van der Waals surface area contributed by atoms with Gasteiger partial charge in [0.05, 0.1) is 17.5 Å². The van der Waals surface area contributed by atoms with Gasteiger partial charge in [0, 0.05) is 18.3 Å². The summed E-state index contributed by atoms with van der Waals surface area (Å²) < 4.78 is 0.605. The number of hydrogen-bond acceptors (Lipinski definition) is 4. The van der Waals surface area contributed by atoms with Crippen LogP contribution >= 0.6 is 0 Å². The van der Waals surface area contributed by atoms with Crippen molar-refractivity contribution in [3.05, 3.63) is 65.4 Å². The number of aromatic nitrogens is 2. The van der Waals surface area contributed by atoms with Crippen LogP contribution in [0.15, 0.2) is 54.0 Å². The molecule has 0 spiro atoms. The van der Waals surface area contributed by atoms with E-state index in [1.807, 2.05) is 6.07 Å². The predicted molar refractivity (Wildman–Crippen MR) is 64.7 cm³/mol. The molecule has 6 nitrogen and oxygen atoms in total. The zero-order chi connectivity index (χ0) is 12.8. The summed E-state index contributed by atoms with van der Waals surface area (Å²) in [6, 6.07) is 8.20. The summed E-state index contributed by atoms with van der Waals surface area (Å²) in [4.78, 5) is 15.6. The van der Waals surface area contributed by atoms with E-state index in [-0.39, 0.29) is 5.91 Å². The summed E-state index contributed by atoms with van der Waals surface area (Å²) in [5.41, 5.74) is 3.35. The minimum Gasteiger partial charge on any atom is -0.619 e. The number of nitrogens with zero attached hydrogens (tertiary/aromatic N) is 3. The summed E-state index contributed by atoms with van der Waals surface area (Å²) in [6.45, 7) is 0. The number of rotatable bonds is 3. The van der Waals surface area contributed by atoms with E-state index in [2.05, 4.69) is 15.5 Å². The molecular weight excluding hydrogens is 232 g/mol. The number of carbonyl (C=O) groups is 1. The Morgan fingerprint density at radius 3 is 2.78 bits per heavy atom. The van der Waals surface area contributed by atoms with Gasteiger partial charge >= 0.3 is 0 Å². The van der Waals surface area contributed by atoms with E-state index in [9.17, 15) is 10.0 Å². The van der Waals surface area contributed by atoms with E-state index in [1.54, 1.807) is 18.3 Å². The summed E-state index contributed by atoms with van der Waals surface area (Å²) in [6.07, 6.45) is 5.57. The standard InChI is InChI=1S/C12H10N4O2/c17-12(10-4-7-16(18)8-5-10)15-14-9-11-3-1-2-6-13-11/h1-9H,(H,15,17). The molecule has 0 radical (unpaired) electrons. The van der Waals surface area contributed by atoms with E-state index in [4.69, 9.17) is 0 Å². The fraction of sp³-hybridized carbons (Fsp3) is 0. The lowest BCUT2D eigenvalue weighted by atomic mass is 10.2. The zero-order valence-electron chi connectivity index (χ0n) is 9.35. The Hall–Kier alpha value is -2.76. The van der Waals surface area contributed by atoms with Crippen molar-refractivity contribution in [2.75, 3.05) is 0 Å². The molecule has 0 saturated carbocycles. The maximum absolute atomic E-state index is 11.6. The summed E-state index contributed by atoms with van der Waals surface area (Å²) >= 11 is 0. The quantitative estimate of drug-likeness (QED) is 0.368. The first-order valence-electron chi connectivity index (χ1n) is 5.19. The maximum atomic E-state index is 11.6. The highest BCUT2D eigenvalue weighted by Crippen LogP contribution is 1.94. The number of carbonyl (C=O) groups excluding carboxylic acids is 1. The highest BCUT2D eigenvalue weighted by molar-refractivity contribution is 5.94. The molecule has 0 aliphatic rings. The normalized spacial score (nSPS) is 10.4. The molecular formula is C12H10N4O2. The first-order valence-corrected chi connectivity index (χ1v) is 5.19. The molecule has 2 heterocycles. The van der Waals surface area contributed by atoms with Crippen molar-refractivity contribution in [1.29, 1.82) is 0 Å². The number of hydrogen-bond donors (Lipinski definition) is 1. The lowest BCUT2D eigenvalue weighted by Gasteiger charge is -1.99. The van der Waals surface area contributed by atoms with Gasteiger partial charge in [0.1, 0.15) is 0 Å². The second-order valence-electron chi connectivity index (χ2n) is 3.40. The van der Waals surface area contributed by atoms with Crippen LogP contribution in [0.5, 0.6) is 0 Å². The lowest BCUT2D eigenvalue weighted by Crippen LogP contribution is -2.26. The van der Waals surface area contributed by atoms with Gasteiger partial charge in [-0.2, -0.15) is 9.83 Å². The summed E-state index contributed by atoms with van der Waals surface area (Å²) in [7, 11) is 0. The number of amides is 1. The van der Waals surface area contributed by atoms with Crippen LogP contribution in [0.1, 0.15) is 16.1 Å². The smallest absolute Gasteiger partial charge is 0.271 e. The van der Waals surface area contributed by atoms with Crippen molar-refractivity contribution in [2.24, 2.45) is 5.10 Å². The molecule has 6 heteroatoms. The van der Waals surface area contributed by atoms with Gasteiger partial charge < -0.3 is 5.21 Å². The maximum Gasteiger partial charge on any atom is 0.271 e. The minimum atomic E-state index is -0.386. The van der Waals surface area contributed by atoms with E-state index in [1.165, 1.54) is 30.7 Å². The Bertz CT molecular complexity index is 552. The third-order valence-electron chi connectivity index (χ3n) is 2.11. The van der Waals surface area contributed by atoms with Crippen LogP contribution in [-0.4, -0.2) is 17.1 Å². The van der Waals surface area contributed by atoms with Crippen LogP contribution in [-0.2, 0) is 0 Å². The molecule has 0 fully saturated rings. The molecule has 18 heavy (non-hydrogen) atoms. The molecule has 90 valence electrons. The van der Waals surface area contributed by atoms with Gasteiger partial charge in [0.25, 0.3) is 5.91 Å². The Kier molecular flexibility index (Phi) is 3.60. The second kappa shape index (κ2) is 5.53. The second-order valence-corrected chi connectivity index (χ2v) is 3.40. The largest absolute Gasteiger partial charge is 0.619 e. The van der Waals surface area contributed by atoms with Crippen LogP contribution in [0.4, 0.5) is 0 Å². The van der Waals surface area contributed by atoms with Gasteiger partial charge in [-0.05, 0) is 12.1 Å². The van der Waals surface area contributed by atoms with Gasteiger partial charge in [-0.25, -0.2) is 5.43 Å². The van der Waals surface area contributed by atoms with Crippen molar-refractivity contribution in [3.63, 3.8) is 0 Å². The Morgan fingerprint density at radius 1 is 1.33 bits per heavy atom. The number of hydrazone groups is 1. The average Bonchev–Trinajstić information content (AvgIpc) is 2.40. The molecule has 1 N–H and O–H groups in total. The summed E-state index contributed by atoms with van der Waals surface area (Å²) in [5.74, 6) is -0.386. The van der Waals surface area contributed by atoms with Gasteiger partial charge in [0.2, 0.25) is 0 Å². The first-order chi connectivity index (χ1) is 8.75. The molecule has 0 aliphatic carbocycles. The van der Waals surface area contributed by atoms with Crippen molar-refractivity contribution in [3.8, 4) is 0 Å². The lowest BCUT2D eigenvalue weighted by molar-refractivity contribution is -0.605. The Balaban J connectivity index is 1.96. The van der Waals surface area contributed by atoms with Crippen LogP contribution in [0, 0.1) is 5.21 Å². The molecule has 2 aromatic rings.